The molecule has 0 spiro atoms. The maximum Gasteiger partial charge on any atom is 0.252 e. The van der Waals surface area contributed by atoms with Gasteiger partial charge in [0.05, 0.1) is 5.41 Å². The van der Waals surface area contributed by atoms with Gasteiger partial charge in [0.15, 0.2) is 0 Å². The number of rotatable bonds is 18. The van der Waals surface area contributed by atoms with Crippen LogP contribution in [0, 0.1) is 0 Å². The molecule has 0 radical (unpaired) electrons. The Kier molecular flexibility index (Phi) is 13.5. The van der Waals surface area contributed by atoms with Gasteiger partial charge in [-0.15, -0.1) is 0 Å². The van der Waals surface area contributed by atoms with Gasteiger partial charge in [-0.25, -0.2) is 0 Å². The summed E-state index contributed by atoms with van der Waals surface area (Å²) in [6, 6.07) is 73.0. The van der Waals surface area contributed by atoms with Crippen LogP contribution in [0.2, 0.25) is 0 Å². The first-order valence-electron chi connectivity index (χ1n) is 26.0. The molecule has 3 heteroatoms. The van der Waals surface area contributed by atoms with Gasteiger partial charge in [0, 0.05) is 34.1 Å². The number of hydrogen-bond acceptors (Lipinski definition) is 2. The van der Waals surface area contributed by atoms with Gasteiger partial charge in [0.25, 0.3) is 6.71 Å². The highest BCUT2D eigenvalue weighted by Crippen LogP contribution is 2.51. The number of hydrogen-bond donors (Lipinski definition) is 0. The lowest BCUT2D eigenvalue weighted by atomic mass is 9.33. The summed E-state index contributed by atoms with van der Waals surface area (Å²) in [7, 11) is 0. The van der Waals surface area contributed by atoms with Crippen LogP contribution < -0.4 is 26.2 Å². The van der Waals surface area contributed by atoms with Crippen LogP contribution in [0.15, 0.2) is 188 Å². The SMILES string of the molecule is CCCCc1ccc(N2c3ccc(CCCC)cc3B3c4cc(CCCC)ccc4N(c4ccc(CCCC)cc4)c4cc(C(c5ccccc5)(c5ccccc5)c5ccccc5)cc2c43)cc1. The fraction of sp³-hybridized carbons (Fsp3) is 0.262. The van der Waals surface area contributed by atoms with Crippen LogP contribution >= 0.6 is 0 Å². The monoisotopic (exact) mass is 887 g/mol. The Bertz CT molecular complexity index is 2710. The summed E-state index contributed by atoms with van der Waals surface area (Å²) in [6.07, 6.45) is 13.8. The molecule has 0 bridgehead atoms. The van der Waals surface area contributed by atoms with E-state index in [0.29, 0.717) is 0 Å². The van der Waals surface area contributed by atoms with Crippen LogP contribution in [0.5, 0.6) is 0 Å². The Labute approximate surface area is 407 Å². The summed E-state index contributed by atoms with van der Waals surface area (Å²) in [4.78, 5) is 5.26. The molecule has 2 nitrogen and oxygen atoms in total. The second-order valence-corrected chi connectivity index (χ2v) is 19.4. The molecule has 8 aromatic rings. The third-order valence-electron chi connectivity index (χ3n) is 14.9. The third-order valence-corrected chi connectivity index (χ3v) is 14.9. The van der Waals surface area contributed by atoms with Crippen LogP contribution in [0.3, 0.4) is 0 Å². The molecule has 0 N–H and O–H groups in total. The molecule has 0 amide bonds. The predicted octanol–water partition coefficient (Wildman–Crippen LogP) is 15.5. The molecule has 340 valence electrons. The molecule has 0 aromatic heterocycles. The number of nitrogens with zero attached hydrogens (tertiary/aromatic N) is 2. The van der Waals surface area contributed by atoms with Crippen LogP contribution in [-0.2, 0) is 31.1 Å². The van der Waals surface area contributed by atoms with Gasteiger partial charge in [0.1, 0.15) is 0 Å². The van der Waals surface area contributed by atoms with Gasteiger partial charge in [-0.2, -0.15) is 0 Å². The lowest BCUT2D eigenvalue weighted by Crippen LogP contribution is -2.61. The molecule has 0 atom stereocenters. The van der Waals surface area contributed by atoms with E-state index in [4.69, 9.17) is 0 Å². The van der Waals surface area contributed by atoms with Crippen molar-refractivity contribution in [2.24, 2.45) is 0 Å². The summed E-state index contributed by atoms with van der Waals surface area (Å²) in [6.45, 7) is 9.24. The first-order valence-corrected chi connectivity index (χ1v) is 26.0. The van der Waals surface area contributed by atoms with Crippen molar-refractivity contribution < 1.29 is 0 Å². The first-order chi connectivity index (χ1) is 33.6. The average Bonchev–Trinajstić information content (AvgIpc) is 3.40. The maximum atomic E-state index is 2.63. The number of unbranched alkanes of at least 4 members (excludes halogenated alkanes) is 4. The Hall–Kier alpha value is -6.58. The van der Waals surface area contributed by atoms with E-state index in [1.54, 1.807) is 0 Å². The molecule has 68 heavy (non-hydrogen) atoms. The highest BCUT2D eigenvalue weighted by molar-refractivity contribution is 7.00. The topological polar surface area (TPSA) is 6.48 Å². The van der Waals surface area contributed by atoms with Crippen molar-refractivity contribution in [3.05, 3.63) is 233 Å². The van der Waals surface area contributed by atoms with Crippen molar-refractivity contribution in [1.29, 1.82) is 0 Å². The van der Waals surface area contributed by atoms with E-state index in [1.807, 2.05) is 0 Å². The van der Waals surface area contributed by atoms with Crippen molar-refractivity contribution in [1.82, 2.24) is 0 Å². The molecule has 0 fully saturated rings. The molecule has 10 rings (SSSR count). The lowest BCUT2D eigenvalue weighted by molar-refractivity contribution is 0.745. The number of benzene rings is 8. The zero-order valence-electron chi connectivity index (χ0n) is 40.9. The van der Waals surface area contributed by atoms with E-state index in [0.717, 1.165) is 25.7 Å². The number of fused-ring (bicyclic) bond motifs is 4. The molecule has 0 aliphatic carbocycles. The minimum atomic E-state index is -0.648. The molecular weight excluding hydrogens is 820 g/mol. The maximum absolute atomic E-state index is 2.63. The highest BCUT2D eigenvalue weighted by atomic mass is 15.2. The zero-order chi connectivity index (χ0) is 46.5. The molecule has 8 aromatic carbocycles. The molecule has 2 heterocycles. The van der Waals surface area contributed by atoms with Crippen molar-refractivity contribution in [3.8, 4) is 0 Å². The van der Waals surface area contributed by atoms with E-state index >= 15 is 0 Å². The molecule has 0 saturated carbocycles. The fourth-order valence-electron chi connectivity index (χ4n) is 11.4. The molecule has 0 saturated heterocycles. The Morgan fingerprint density at radius 1 is 0.338 bits per heavy atom. The largest absolute Gasteiger partial charge is 0.311 e. The Morgan fingerprint density at radius 2 is 0.676 bits per heavy atom. The Balaban J connectivity index is 1.34. The van der Waals surface area contributed by atoms with E-state index in [9.17, 15) is 0 Å². The second-order valence-electron chi connectivity index (χ2n) is 19.4. The fourth-order valence-corrected chi connectivity index (χ4v) is 11.4. The molecular formula is C65H67BN2. The van der Waals surface area contributed by atoms with Crippen LogP contribution in [0.25, 0.3) is 0 Å². The summed E-state index contributed by atoms with van der Waals surface area (Å²) >= 11 is 0. The second kappa shape index (κ2) is 20.3. The van der Waals surface area contributed by atoms with Crippen LogP contribution in [0.4, 0.5) is 34.1 Å². The summed E-state index contributed by atoms with van der Waals surface area (Å²) in [5.74, 6) is 0. The average molecular weight is 887 g/mol. The molecule has 2 aliphatic rings. The van der Waals surface area contributed by atoms with E-state index in [2.05, 4.69) is 226 Å². The van der Waals surface area contributed by atoms with Gasteiger partial charge in [0.2, 0.25) is 0 Å². The van der Waals surface area contributed by atoms with Gasteiger partial charge in [-0.05, 0) is 161 Å². The number of anilines is 6. The third kappa shape index (κ3) is 8.40. The van der Waals surface area contributed by atoms with Crippen molar-refractivity contribution in [2.45, 2.75) is 110 Å². The summed E-state index contributed by atoms with van der Waals surface area (Å²) in [5, 5.41) is 0. The lowest BCUT2D eigenvalue weighted by Gasteiger charge is -2.46. The quantitative estimate of drug-likeness (QED) is 0.0626. The van der Waals surface area contributed by atoms with Crippen molar-refractivity contribution in [3.63, 3.8) is 0 Å². The van der Waals surface area contributed by atoms with Gasteiger partial charge < -0.3 is 9.80 Å². The van der Waals surface area contributed by atoms with Gasteiger partial charge in [-0.3, -0.25) is 0 Å². The van der Waals surface area contributed by atoms with Gasteiger partial charge in [-0.1, -0.05) is 193 Å². The van der Waals surface area contributed by atoms with E-state index in [1.165, 1.54) is 146 Å². The summed E-state index contributed by atoms with van der Waals surface area (Å²) < 4.78 is 0. The highest BCUT2D eigenvalue weighted by Gasteiger charge is 2.46. The normalized spacial score (nSPS) is 12.7. The van der Waals surface area contributed by atoms with Crippen LogP contribution in [0.1, 0.15) is 124 Å². The first kappa shape index (κ1) is 45.2. The standard InChI is InChI=1S/C65H67BN2/c1-5-9-22-48-32-38-56(39-33-48)67-60-42-36-50(24-11-7-3)44-58(60)66-59-45-51(25-12-8-4)37-43-61(59)68(57-40-34-49(35-41-57)23-10-6-2)63-47-55(46-62(67)64(63)66)65(52-26-16-13-17-27-52,53-28-18-14-19-29-53)54-30-20-15-21-31-54/h13-21,26-47H,5-12,22-25H2,1-4H3. The summed E-state index contributed by atoms with van der Waals surface area (Å²) in [5.41, 5.74) is 21.6. The minimum Gasteiger partial charge on any atom is -0.311 e. The van der Waals surface area contributed by atoms with E-state index in [-0.39, 0.29) is 6.71 Å². The Morgan fingerprint density at radius 3 is 1.03 bits per heavy atom. The van der Waals surface area contributed by atoms with Crippen molar-refractivity contribution in [2.75, 3.05) is 9.80 Å². The van der Waals surface area contributed by atoms with Gasteiger partial charge >= 0.3 is 0 Å². The van der Waals surface area contributed by atoms with E-state index < -0.39 is 5.41 Å². The predicted molar refractivity (Wildman–Crippen MR) is 293 cm³/mol. The van der Waals surface area contributed by atoms with Crippen molar-refractivity contribution >= 4 is 57.2 Å². The minimum absolute atomic E-state index is 0.0435. The number of aryl methyl sites for hydroxylation is 4. The molecule has 0 unspecified atom stereocenters. The smallest absolute Gasteiger partial charge is 0.252 e. The van der Waals surface area contributed by atoms with Crippen LogP contribution in [-0.4, -0.2) is 6.71 Å². The molecule has 2 aliphatic heterocycles. The zero-order valence-corrected chi connectivity index (χ0v) is 40.9.